The first-order valence-corrected chi connectivity index (χ1v) is 7.49. The highest BCUT2D eigenvalue weighted by molar-refractivity contribution is 7.92. The summed E-state index contributed by atoms with van der Waals surface area (Å²) in [5.41, 5.74) is 1.83. The zero-order chi connectivity index (χ0) is 14.9. The average molecular weight is 296 g/mol. The lowest BCUT2D eigenvalue weighted by Gasteiger charge is -2.09. The summed E-state index contributed by atoms with van der Waals surface area (Å²) in [5.74, 6) is 0.445. The van der Waals surface area contributed by atoms with Gasteiger partial charge in [0, 0.05) is 11.8 Å². The second kappa shape index (κ2) is 5.26. The minimum atomic E-state index is -3.76. The monoisotopic (exact) mass is 296 g/mol. The molecule has 0 aliphatic rings. The van der Waals surface area contributed by atoms with Gasteiger partial charge in [0.15, 0.2) is 0 Å². The molecule has 2 N–H and O–H groups in total. The molecule has 0 aliphatic heterocycles. The van der Waals surface area contributed by atoms with Crippen molar-refractivity contribution in [3.8, 4) is 0 Å². The van der Waals surface area contributed by atoms with Crippen LogP contribution in [0.4, 0.5) is 5.69 Å². The number of sulfonamides is 1. The van der Waals surface area contributed by atoms with E-state index in [0.717, 1.165) is 5.69 Å². The molecule has 2 aromatic heterocycles. The van der Waals surface area contributed by atoms with Crippen molar-refractivity contribution in [3.63, 3.8) is 0 Å². The van der Waals surface area contributed by atoms with Crippen LogP contribution in [-0.2, 0) is 16.6 Å². The molecule has 0 unspecified atom stereocenters. The third-order valence-corrected chi connectivity index (χ3v) is 4.31. The van der Waals surface area contributed by atoms with Crippen LogP contribution in [0, 0.1) is 20.8 Å². The Balaban J connectivity index is 2.38. The number of nitrogens with one attached hydrogen (secondary N) is 1. The maximum atomic E-state index is 12.3. The Morgan fingerprint density at radius 1 is 1.30 bits per heavy atom. The van der Waals surface area contributed by atoms with Crippen molar-refractivity contribution in [2.75, 3.05) is 4.72 Å². The Kier molecular flexibility index (Phi) is 3.82. The predicted octanol–water partition coefficient (Wildman–Crippen LogP) is 1.89. The fraction of sp³-hybridized carbons (Fsp3) is 0.308. The third-order valence-electron chi connectivity index (χ3n) is 2.84. The van der Waals surface area contributed by atoms with Crippen molar-refractivity contribution < 1.29 is 17.9 Å². The van der Waals surface area contributed by atoms with Crippen LogP contribution < -0.4 is 4.72 Å². The van der Waals surface area contributed by atoms with Gasteiger partial charge in [0.2, 0.25) is 0 Å². The largest absolute Gasteiger partial charge is 0.462 e. The minimum Gasteiger partial charge on any atom is -0.462 e. The van der Waals surface area contributed by atoms with Crippen molar-refractivity contribution in [1.29, 1.82) is 0 Å². The first kappa shape index (κ1) is 14.5. The van der Waals surface area contributed by atoms with E-state index in [2.05, 4.69) is 9.71 Å². The summed E-state index contributed by atoms with van der Waals surface area (Å²) in [7, 11) is -3.76. The zero-order valence-corrected chi connectivity index (χ0v) is 12.3. The maximum absolute atomic E-state index is 12.3. The van der Waals surface area contributed by atoms with E-state index in [1.54, 1.807) is 19.1 Å². The normalized spacial score (nSPS) is 11.6. The Morgan fingerprint density at radius 2 is 2.00 bits per heavy atom. The number of aliphatic hydroxyl groups is 1. The number of aliphatic hydroxyl groups excluding tert-OH is 1. The molecule has 0 spiro atoms. The number of aryl methyl sites for hydroxylation is 3. The van der Waals surface area contributed by atoms with Crippen LogP contribution >= 0.6 is 0 Å². The van der Waals surface area contributed by atoms with Gasteiger partial charge in [-0.05, 0) is 32.9 Å². The molecular weight excluding hydrogens is 280 g/mol. The summed E-state index contributed by atoms with van der Waals surface area (Å²) in [6.07, 6.45) is 0. The number of anilines is 1. The second-order valence-electron chi connectivity index (χ2n) is 4.48. The Bertz CT molecular complexity index is 735. The highest BCUT2D eigenvalue weighted by Crippen LogP contribution is 2.24. The number of hydrogen-bond donors (Lipinski definition) is 2. The summed E-state index contributed by atoms with van der Waals surface area (Å²) in [6.45, 7) is 4.75. The molecule has 0 radical (unpaired) electrons. The first-order valence-electron chi connectivity index (χ1n) is 6.00. The number of hydrogen-bond acceptors (Lipinski definition) is 5. The quantitative estimate of drug-likeness (QED) is 0.899. The van der Waals surface area contributed by atoms with Crippen LogP contribution in [0.3, 0.4) is 0 Å². The van der Waals surface area contributed by atoms with E-state index in [0.29, 0.717) is 11.4 Å². The first-order chi connectivity index (χ1) is 9.33. The molecule has 0 fully saturated rings. The standard InChI is InChI=1S/C13H16N2O4S/c1-8-4-5-12(9(2)14-8)15-20(17,18)13-6-11(7-16)19-10(13)3/h4-6,15-16H,7H2,1-3H3. The summed E-state index contributed by atoms with van der Waals surface area (Å²) in [5, 5.41) is 8.99. The summed E-state index contributed by atoms with van der Waals surface area (Å²) in [6, 6.07) is 4.71. The molecule has 20 heavy (non-hydrogen) atoms. The van der Waals surface area contributed by atoms with Crippen LogP contribution in [0.5, 0.6) is 0 Å². The Labute approximate surface area is 117 Å². The lowest BCUT2D eigenvalue weighted by molar-refractivity contribution is 0.245. The van der Waals surface area contributed by atoms with E-state index in [-0.39, 0.29) is 23.0 Å². The van der Waals surface area contributed by atoms with Gasteiger partial charge in [-0.2, -0.15) is 0 Å². The minimum absolute atomic E-state index is 0.0153. The summed E-state index contributed by atoms with van der Waals surface area (Å²) < 4.78 is 32.2. The van der Waals surface area contributed by atoms with E-state index in [9.17, 15) is 8.42 Å². The van der Waals surface area contributed by atoms with Crippen LogP contribution in [0.1, 0.15) is 22.9 Å². The van der Waals surface area contributed by atoms with Crippen molar-refractivity contribution in [2.45, 2.75) is 32.3 Å². The predicted molar refractivity (Wildman–Crippen MR) is 73.9 cm³/mol. The lowest BCUT2D eigenvalue weighted by atomic mass is 10.3. The number of aromatic nitrogens is 1. The molecule has 2 rings (SSSR count). The van der Waals surface area contributed by atoms with E-state index < -0.39 is 10.0 Å². The van der Waals surface area contributed by atoms with Gasteiger partial charge in [0.1, 0.15) is 23.0 Å². The molecule has 2 aromatic rings. The zero-order valence-electron chi connectivity index (χ0n) is 11.5. The van der Waals surface area contributed by atoms with Crippen molar-refractivity contribution in [3.05, 3.63) is 41.1 Å². The van der Waals surface area contributed by atoms with Crippen LogP contribution in [-0.4, -0.2) is 18.5 Å². The van der Waals surface area contributed by atoms with Crippen molar-refractivity contribution in [1.82, 2.24) is 4.98 Å². The maximum Gasteiger partial charge on any atom is 0.265 e. The van der Waals surface area contributed by atoms with E-state index in [4.69, 9.17) is 9.52 Å². The van der Waals surface area contributed by atoms with E-state index in [1.165, 1.54) is 13.0 Å². The third kappa shape index (κ3) is 2.83. The molecule has 0 bridgehead atoms. The lowest BCUT2D eigenvalue weighted by Crippen LogP contribution is -2.14. The van der Waals surface area contributed by atoms with Gasteiger partial charge in [-0.3, -0.25) is 9.71 Å². The fourth-order valence-corrected chi connectivity index (χ4v) is 3.19. The Morgan fingerprint density at radius 3 is 2.55 bits per heavy atom. The number of furan rings is 1. The van der Waals surface area contributed by atoms with Gasteiger partial charge >= 0.3 is 0 Å². The average Bonchev–Trinajstić information content (AvgIpc) is 2.75. The Hall–Kier alpha value is -1.86. The SMILES string of the molecule is Cc1ccc(NS(=O)(=O)c2cc(CO)oc2C)c(C)n1. The molecule has 7 heteroatoms. The van der Waals surface area contributed by atoms with Crippen LogP contribution in [0.15, 0.2) is 27.5 Å². The highest BCUT2D eigenvalue weighted by atomic mass is 32.2. The second-order valence-corrected chi connectivity index (χ2v) is 6.13. The molecule has 0 amide bonds. The molecule has 108 valence electrons. The number of rotatable bonds is 4. The molecule has 0 saturated carbocycles. The molecule has 6 nitrogen and oxygen atoms in total. The van der Waals surface area contributed by atoms with Crippen LogP contribution in [0.25, 0.3) is 0 Å². The van der Waals surface area contributed by atoms with Gasteiger partial charge in [-0.25, -0.2) is 8.42 Å². The van der Waals surface area contributed by atoms with E-state index >= 15 is 0 Å². The highest BCUT2D eigenvalue weighted by Gasteiger charge is 2.22. The van der Waals surface area contributed by atoms with Crippen molar-refractivity contribution in [2.24, 2.45) is 0 Å². The fourth-order valence-electron chi connectivity index (χ4n) is 1.86. The molecule has 0 aromatic carbocycles. The van der Waals surface area contributed by atoms with Gasteiger partial charge in [-0.1, -0.05) is 0 Å². The van der Waals surface area contributed by atoms with Crippen LogP contribution in [0.2, 0.25) is 0 Å². The molecule has 0 saturated heterocycles. The molecule has 0 aliphatic carbocycles. The van der Waals surface area contributed by atoms with Gasteiger partial charge < -0.3 is 9.52 Å². The molecular formula is C13H16N2O4S. The topological polar surface area (TPSA) is 92.4 Å². The van der Waals surface area contributed by atoms with Gasteiger partial charge in [0.05, 0.1) is 11.4 Å². The van der Waals surface area contributed by atoms with E-state index in [1.807, 2.05) is 6.92 Å². The number of nitrogens with zero attached hydrogens (tertiary/aromatic N) is 1. The number of pyridine rings is 1. The molecule has 2 heterocycles. The summed E-state index contributed by atoms with van der Waals surface area (Å²) in [4.78, 5) is 4.22. The van der Waals surface area contributed by atoms with Gasteiger partial charge in [-0.15, -0.1) is 0 Å². The smallest absolute Gasteiger partial charge is 0.265 e. The molecule has 0 atom stereocenters. The van der Waals surface area contributed by atoms with Gasteiger partial charge in [0.25, 0.3) is 10.0 Å². The summed E-state index contributed by atoms with van der Waals surface area (Å²) >= 11 is 0. The van der Waals surface area contributed by atoms with Crippen molar-refractivity contribution >= 4 is 15.7 Å².